The fourth-order valence-electron chi connectivity index (χ4n) is 3.75. The summed E-state index contributed by atoms with van der Waals surface area (Å²) in [5.74, 6) is 0.167. The monoisotopic (exact) mass is 2100 g/mol. The Kier molecular flexibility index (Phi) is 25.4. The first-order chi connectivity index (χ1) is 25.0. The first kappa shape index (κ1) is 57.3. The number of carbonyl (C=O) groups is 1. The van der Waals surface area contributed by atoms with E-state index < -0.39 is 14.2 Å². The molecule has 0 unspecified atom stereocenters. The Bertz CT molecular complexity index is 1980. The molecule has 0 atom stereocenters. The third-order valence-electron chi connectivity index (χ3n) is 5.87. The normalized spacial score (nSPS) is 11.0. The van der Waals surface area contributed by atoms with Crippen LogP contribution in [0.1, 0.15) is 13.8 Å². The smallest absolute Gasteiger partial charge is 0.411 e. The van der Waals surface area contributed by atoms with Crippen LogP contribution in [0.25, 0.3) is 0 Å². The van der Waals surface area contributed by atoms with Crippen molar-refractivity contribution in [2.45, 2.75) is 13.8 Å². The van der Waals surface area contributed by atoms with Crippen LogP contribution >= 0.6 is 287 Å². The third-order valence-corrected chi connectivity index (χ3v) is 24.6. The number of carbonyl (C=O) groups excluding carboxylic acids is 1. The van der Waals surface area contributed by atoms with E-state index in [4.69, 9.17) is 0 Å². The zero-order valence-electron chi connectivity index (χ0n) is 25.8. The van der Waals surface area contributed by atoms with E-state index in [9.17, 15) is 4.79 Å². The van der Waals surface area contributed by atoms with Crippen molar-refractivity contribution in [3.8, 4) is 0 Å². The molecule has 0 aliphatic heterocycles. The first-order valence-electron chi connectivity index (χ1n) is 13.0. The second-order valence-corrected chi connectivity index (χ2v) is 23.4. The predicted octanol–water partition coefficient (Wildman–Crippen LogP) is 14.7. The summed E-state index contributed by atoms with van der Waals surface area (Å²) in [6, 6.07) is 0. The number of hydrogen-bond donors (Lipinski definition) is 0. The van der Waals surface area contributed by atoms with Gasteiger partial charge in [-0.05, 0) is 301 Å². The van der Waals surface area contributed by atoms with Gasteiger partial charge in [0.15, 0.2) is 0 Å². The van der Waals surface area contributed by atoms with E-state index in [1.54, 1.807) is 27.6 Å². The molecule has 35 heteroatoms. The van der Waals surface area contributed by atoms with Crippen molar-refractivity contribution in [2.24, 2.45) is 0 Å². The maximum absolute atomic E-state index is 9.44. The molecule has 0 spiro atoms. The van der Waals surface area contributed by atoms with Gasteiger partial charge in [0, 0.05) is 0 Å². The standard InChI is InChI=1S/2C9BBr9N6.C3H6O.2Ag/c2*11-1-4(14)20-23(7(1)17)10(24-8(18)2(12)5(15)21-24)25-9(19)3(13)6(16)22-25;1-3(2)4;;/h;;1-2H3;;/q2*-1;;2*+1. The molecule has 0 amide bonds. The van der Waals surface area contributed by atoms with Gasteiger partial charge in [0.1, 0.15) is 33.4 Å². The van der Waals surface area contributed by atoms with Gasteiger partial charge >= 0.3 is 44.8 Å². The van der Waals surface area contributed by atoms with E-state index in [1.807, 2.05) is 0 Å². The van der Waals surface area contributed by atoms with Gasteiger partial charge in [-0.2, -0.15) is 0 Å². The molecular formula is C21H6Ag2B2Br18N12O. The third kappa shape index (κ3) is 12.8. The van der Waals surface area contributed by atoms with Gasteiger partial charge in [-0.15, -0.1) is 0 Å². The minimum atomic E-state index is -0.564. The second kappa shape index (κ2) is 24.8. The Hall–Kier alpha value is 5.18. The quantitative estimate of drug-likeness (QED) is 0.152. The predicted molar refractivity (Wildman–Crippen MR) is 272 cm³/mol. The summed E-state index contributed by atoms with van der Waals surface area (Å²) in [5, 5.41) is 27.2. The van der Waals surface area contributed by atoms with Gasteiger partial charge in [0.05, 0.1) is 54.5 Å². The molecule has 6 heterocycles. The molecule has 0 fully saturated rings. The number of rotatable bonds is 6. The molecule has 0 aliphatic rings. The molecule has 0 saturated heterocycles. The van der Waals surface area contributed by atoms with Crippen LogP contribution in [0.4, 0.5) is 0 Å². The minimum absolute atomic E-state index is 0. The number of ketones is 1. The van der Waals surface area contributed by atoms with E-state index in [0.717, 1.165) is 26.8 Å². The molecule has 6 aromatic rings. The number of aromatic nitrogens is 12. The van der Waals surface area contributed by atoms with Crippen molar-refractivity contribution in [3.05, 3.63) is 82.1 Å². The van der Waals surface area contributed by atoms with E-state index in [-0.39, 0.29) is 50.5 Å². The molecule has 310 valence electrons. The van der Waals surface area contributed by atoms with Crippen LogP contribution in [-0.2, 0) is 49.6 Å². The largest absolute Gasteiger partial charge is 1.00 e. The van der Waals surface area contributed by atoms with Crippen LogP contribution in [0.5, 0.6) is 0 Å². The van der Waals surface area contributed by atoms with Crippen LogP contribution in [0.2, 0.25) is 0 Å². The van der Waals surface area contributed by atoms with Gasteiger partial charge < -0.3 is 32.4 Å². The van der Waals surface area contributed by atoms with Crippen molar-refractivity contribution in [1.29, 1.82) is 0 Å². The fourth-order valence-corrected chi connectivity index (χ4v) is 11.8. The van der Waals surface area contributed by atoms with Gasteiger partial charge in [0.25, 0.3) is 14.2 Å². The molecule has 13 nitrogen and oxygen atoms in total. The van der Waals surface area contributed by atoms with Crippen LogP contribution in [-0.4, -0.2) is 78.2 Å². The summed E-state index contributed by atoms with van der Waals surface area (Å²) in [6.07, 6.45) is 0. The summed E-state index contributed by atoms with van der Waals surface area (Å²) in [7, 11) is -1.13. The molecule has 56 heavy (non-hydrogen) atoms. The summed E-state index contributed by atoms with van der Waals surface area (Å²) in [6.45, 7) is 3.06. The van der Waals surface area contributed by atoms with E-state index in [0.29, 0.717) is 55.2 Å². The van der Waals surface area contributed by atoms with E-state index in [2.05, 4.69) is 317 Å². The van der Waals surface area contributed by atoms with E-state index >= 15 is 0 Å². The van der Waals surface area contributed by atoms with Gasteiger partial charge in [-0.25, -0.2) is 30.6 Å². The van der Waals surface area contributed by atoms with Crippen molar-refractivity contribution < 1.29 is 49.6 Å². The molecule has 2 radical (unpaired) electrons. The maximum Gasteiger partial charge on any atom is 1.00 e. The fraction of sp³-hybridized carbons (Fsp3) is 0.0952. The zero-order valence-corrected chi connectivity index (χ0v) is 57.3. The molecule has 0 bridgehead atoms. The molecule has 6 aromatic heterocycles. The van der Waals surface area contributed by atoms with Crippen LogP contribution < -0.4 is 0 Å². The number of Topliss-reactive ketones (excluding diaryl/α,β-unsaturated/α-hetero) is 1. The number of halogens is 18. The Balaban J connectivity index is 0.000000342. The van der Waals surface area contributed by atoms with Gasteiger partial charge in [0.2, 0.25) is 0 Å². The van der Waals surface area contributed by atoms with Crippen LogP contribution in [0, 0.1) is 0 Å². The Morgan fingerprint density at radius 1 is 0.339 bits per heavy atom. The van der Waals surface area contributed by atoms with Crippen molar-refractivity contribution in [1.82, 2.24) is 58.1 Å². The molecular weight excluding hydrogens is 2110 g/mol. The van der Waals surface area contributed by atoms with Gasteiger partial charge in [-0.3, -0.25) is 0 Å². The average molecular weight is 2120 g/mol. The molecule has 0 aliphatic carbocycles. The summed E-state index contributed by atoms with van der Waals surface area (Å²) in [4.78, 5) is 9.44. The molecule has 6 rings (SSSR count). The topological polar surface area (TPSA) is 124 Å². The van der Waals surface area contributed by atoms with Crippen molar-refractivity contribution in [2.75, 3.05) is 0 Å². The summed E-state index contributed by atoms with van der Waals surface area (Å²) >= 11 is 62.9. The van der Waals surface area contributed by atoms with Gasteiger partial charge in [-0.1, -0.05) is 0 Å². The Labute approximate surface area is 500 Å². The van der Waals surface area contributed by atoms with E-state index in [1.165, 1.54) is 13.8 Å². The number of nitrogens with zero attached hydrogens (tertiary/aromatic N) is 12. The first-order valence-corrected chi connectivity index (χ1v) is 27.3. The molecule has 0 N–H and O–H groups in total. The molecule has 0 saturated carbocycles. The Morgan fingerprint density at radius 2 is 0.446 bits per heavy atom. The minimum Gasteiger partial charge on any atom is -0.411 e. The van der Waals surface area contributed by atoms with Crippen molar-refractivity contribution in [3.63, 3.8) is 0 Å². The van der Waals surface area contributed by atoms with Crippen molar-refractivity contribution >= 4 is 307 Å². The second-order valence-electron chi connectivity index (χ2n) is 9.64. The summed E-state index contributed by atoms with van der Waals surface area (Å²) < 4.78 is 23.2. The zero-order chi connectivity index (χ0) is 40.8. The Morgan fingerprint density at radius 3 is 0.518 bits per heavy atom. The number of hydrogen-bond acceptors (Lipinski definition) is 7. The maximum atomic E-state index is 9.44. The summed E-state index contributed by atoms with van der Waals surface area (Å²) in [5.41, 5.74) is 0. The van der Waals surface area contributed by atoms with Crippen LogP contribution in [0.3, 0.4) is 0 Å². The average Bonchev–Trinajstić information content (AvgIpc) is 3.84. The SMILES string of the molecule is Brc1nn([B-](n2nc(Br)c(Br)c2Br)n2nc(Br)c(Br)c2Br)c(Br)c1Br.Brc1nn([B-](n2nc(Br)c(Br)c2Br)n2nc(Br)c(Br)c2Br)c(Br)c1Br.CC(C)=O.[Ag+].[Ag+]. The van der Waals surface area contributed by atoms with Crippen LogP contribution in [0.15, 0.2) is 82.1 Å². The molecule has 0 aromatic carbocycles.